The average Bonchev–Trinajstić information content (AvgIpc) is 2.61. The van der Waals surface area contributed by atoms with Gasteiger partial charge >= 0.3 is 0 Å². The van der Waals surface area contributed by atoms with Crippen LogP contribution in [-0.4, -0.2) is 34.6 Å². The Balaban J connectivity index is 2.24. The minimum absolute atomic E-state index is 0.193. The van der Waals surface area contributed by atoms with Crippen molar-refractivity contribution < 1.29 is 9.90 Å². The standard InChI is InChI=1S/C9H14N4O2S/c10-7-6(8(11)15)9(16-12-7)13-3-1-5(14)2-4-13/h5,14H,1-4H2,(H2,10,12)(H2,11,15). The number of nitrogens with two attached hydrogens (primary N) is 2. The molecular weight excluding hydrogens is 228 g/mol. The van der Waals surface area contributed by atoms with E-state index in [2.05, 4.69) is 4.37 Å². The molecule has 0 saturated carbocycles. The first-order valence-corrected chi connectivity index (χ1v) is 5.85. The molecule has 2 rings (SSSR count). The molecule has 7 heteroatoms. The molecule has 0 aliphatic carbocycles. The number of piperidine rings is 1. The van der Waals surface area contributed by atoms with Gasteiger partial charge in [-0.25, -0.2) is 0 Å². The second-order valence-corrected chi connectivity index (χ2v) is 4.58. The largest absolute Gasteiger partial charge is 0.393 e. The van der Waals surface area contributed by atoms with Gasteiger partial charge in [-0.05, 0) is 24.4 Å². The second-order valence-electron chi connectivity index (χ2n) is 3.83. The fourth-order valence-corrected chi connectivity index (χ4v) is 2.68. The molecule has 1 aliphatic rings. The molecule has 1 aromatic heterocycles. The smallest absolute Gasteiger partial charge is 0.255 e. The second kappa shape index (κ2) is 4.26. The van der Waals surface area contributed by atoms with Crippen molar-refractivity contribution in [2.75, 3.05) is 23.7 Å². The van der Waals surface area contributed by atoms with Gasteiger partial charge in [-0.1, -0.05) is 0 Å². The van der Waals surface area contributed by atoms with Gasteiger partial charge in [-0.3, -0.25) is 4.79 Å². The highest BCUT2D eigenvalue weighted by Crippen LogP contribution is 2.31. The van der Waals surface area contributed by atoms with Crippen molar-refractivity contribution in [2.45, 2.75) is 18.9 Å². The number of rotatable bonds is 2. The third-order valence-electron chi connectivity index (χ3n) is 2.70. The average molecular weight is 242 g/mol. The third kappa shape index (κ3) is 1.96. The maximum Gasteiger partial charge on any atom is 0.255 e. The number of aliphatic hydroxyl groups excluding tert-OH is 1. The summed E-state index contributed by atoms with van der Waals surface area (Å²) in [4.78, 5) is 13.2. The molecular formula is C9H14N4O2S. The van der Waals surface area contributed by atoms with Crippen LogP contribution in [0, 0.1) is 0 Å². The van der Waals surface area contributed by atoms with Gasteiger partial charge in [0, 0.05) is 13.1 Å². The van der Waals surface area contributed by atoms with Crippen molar-refractivity contribution in [3.05, 3.63) is 5.56 Å². The highest BCUT2D eigenvalue weighted by atomic mass is 32.1. The summed E-state index contributed by atoms with van der Waals surface area (Å²) >= 11 is 1.18. The Morgan fingerprint density at radius 3 is 2.69 bits per heavy atom. The number of anilines is 2. The number of primary amides is 1. The Hall–Kier alpha value is -1.34. The molecule has 6 nitrogen and oxygen atoms in total. The quantitative estimate of drug-likeness (QED) is 0.665. The molecule has 1 saturated heterocycles. The van der Waals surface area contributed by atoms with E-state index in [-0.39, 0.29) is 11.9 Å². The van der Waals surface area contributed by atoms with Crippen LogP contribution in [0.5, 0.6) is 0 Å². The zero-order valence-corrected chi connectivity index (χ0v) is 9.54. The number of hydrogen-bond donors (Lipinski definition) is 3. The van der Waals surface area contributed by atoms with Gasteiger partial charge in [0.25, 0.3) is 5.91 Å². The first-order valence-electron chi connectivity index (χ1n) is 5.07. The van der Waals surface area contributed by atoms with Crippen LogP contribution in [0.3, 0.4) is 0 Å². The number of carbonyl (C=O) groups excluding carboxylic acids is 1. The van der Waals surface area contributed by atoms with E-state index in [1.807, 2.05) is 4.90 Å². The normalized spacial score (nSPS) is 17.7. The van der Waals surface area contributed by atoms with Crippen molar-refractivity contribution >= 4 is 28.3 Å². The number of aliphatic hydroxyl groups is 1. The fourth-order valence-electron chi connectivity index (χ4n) is 1.81. The van der Waals surface area contributed by atoms with Crippen LogP contribution >= 0.6 is 11.5 Å². The lowest BCUT2D eigenvalue weighted by Gasteiger charge is -2.30. The minimum Gasteiger partial charge on any atom is -0.393 e. The maximum atomic E-state index is 11.2. The lowest BCUT2D eigenvalue weighted by atomic mass is 10.1. The fraction of sp³-hybridized carbons (Fsp3) is 0.556. The molecule has 16 heavy (non-hydrogen) atoms. The molecule has 0 atom stereocenters. The summed E-state index contributed by atoms with van der Waals surface area (Å²) in [5.41, 5.74) is 11.2. The summed E-state index contributed by atoms with van der Waals surface area (Å²) in [6.07, 6.45) is 1.13. The molecule has 0 unspecified atom stereocenters. The molecule has 1 aliphatic heterocycles. The van der Waals surface area contributed by atoms with E-state index in [1.54, 1.807) is 0 Å². The zero-order valence-electron chi connectivity index (χ0n) is 8.72. The van der Waals surface area contributed by atoms with Crippen LogP contribution in [0.2, 0.25) is 0 Å². The lowest BCUT2D eigenvalue weighted by Crippen LogP contribution is -2.36. The van der Waals surface area contributed by atoms with Crippen molar-refractivity contribution in [3.8, 4) is 0 Å². The van der Waals surface area contributed by atoms with Crippen LogP contribution in [0.1, 0.15) is 23.2 Å². The molecule has 5 N–H and O–H groups in total. The van der Waals surface area contributed by atoms with Gasteiger partial charge < -0.3 is 21.5 Å². The summed E-state index contributed by atoms with van der Waals surface area (Å²) in [6, 6.07) is 0. The van der Waals surface area contributed by atoms with Gasteiger partial charge in [0.15, 0.2) is 5.82 Å². The Kier molecular flexibility index (Phi) is 2.97. The monoisotopic (exact) mass is 242 g/mol. The Morgan fingerprint density at radius 2 is 2.12 bits per heavy atom. The minimum atomic E-state index is -0.549. The van der Waals surface area contributed by atoms with Gasteiger partial charge in [-0.15, -0.1) is 0 Å². The predicted octanol–water partition coefficient (Wildman–Crippen LogP) is -0.215. The molecule has 0 radical (unpaired) electrons. The third-order valence-corrected chi connectivity index (χ3v) is 3.62. The molecule has 1 fully saturated rings. The summed E-state index contributed by atoms with van der Waals surface area (Å²) in [5, 5.41) is 10.1. The van der Waals surface area contributed by atoms with Crippen LogP contribution in [0.4, 0.5) is 10.8 Å². The molecule has 0 spiro atoms. The predicted molar refractivity (Wildman–Crippen MR) is 62.5 cm³/mol. The molecule has 0 aromatic carbocycles. The van der Waals surface area contributed by atoms with E-state index in [0.29, 0.717) is 31.5 Å². The van der Waals surface area contributed by atoms with Crippen LogP contribution < -0.4 is 16.4 Å². The first-order chi connectivity index (χ1) is 7.59. The summed E-state index contributed by atoms with van der Waals surface area (Å²) in [7, 11) is 0. The SMILES string of the molecule is NC(=O)c1c(N)nsc1N1CCC(O)CC1. The molecule has 2 heterocycles. The zero-order chi connectivity index (χ0) is 11.7. The summed E-state index contributed by atoms with van der Waals surface area (Å²) in [5.74, 6) is -0.356. The van der Waals surface area contributed by atoms with E-state index in [9.17, 15) is 9.90 Å². The number of aromatic nitrogens is 1. The molecule has 1 aromatic rings. The summed E-state index contributed by atoms with van der Waals surface area (Å²) < 4.78 is 3.95. The number of amides is 1. The molecule has 0 bridgehead atoms. The van der Waals surface area contributed by atoms with Crippen LogP contribution in [0.15, 0.2) is 0 Å². The van der Waals surface area contributed by atoms with Gasteiger partial charge in [-0.2, -0.15) is 4.37 Å². The van der Waals surface area contributed by atoms with Gasteiger partial charge in [0.05, 0.1) is 6.10 Å². The van der Waals surface area contributed by atoms with Crippen molar-refractivity contribution in [3.63, 3.8) is 0 Å². The van der Waals surface area contributed by atoms with Crippen LogP contribution in [-0.2, 0) is 0 Å². The van der Waals surface area contributed by atoms with Crippen molar-refractivity contribution in [2.24, 2.45) is 5.73 Å². The van der Waals surface area contributed by atoms with Crippen molar-refractivity contribution in [1.82, 2.24) is 4.37 Å². The van der Waals surface area contributed by atoms with Gasteiger partial charge in [0.1, 0.15) is 10.6 Å². The van der Waals surface area contributed by atoms with E-state index in [4.69, 9.17) is 11.5 Å². The molecule has 88 valence electrons. The topological polar surface area (TPSA) is 105 Å². The van der Waals surface area contributed by atoms with Crippen LogP contribution in [0.25, 0.3) is 0 Å². The first kappa shape index (κ1) is 11.2. The Labute approximate surface area is 97.0 Å². The number of nitrogen functional groups attached to an aromatic ring is 1. The highest BCUT2D eigenvalue weighted by molar-refractivity contribution is 7.11. The van der Waals surface area contributed by atoms with E-state index in [0.717, 1.165) is 5.00 Å². The van der Waals surface area contributed by atoms with Gasteiger partial charge in [0.2, 0.25) is 0 Å². The lowest BCUT2D eigenvalue weighted by molar-refractivity contribution is 0.100. The van der Waals surface area contributed by atoms with E-state index in [1.165, 1.54) is 11.5 Å². The number of hydrogen-bond acceptors (Lipinski definition) is 6. The number of nitrogens with zero attached hydrogens (tertiary/aromatic N) is 2. The Morgan fingerprint density at radius 1 is 1.50 bits per heavy atom. The summed E-state index contributed by atoms with van der Waals surface area (Å²) in [6.45, 7) is 1.39. The highest BCUT2D eigenvalue weighted by Gasteiger charge is 2.25. The van der Waals surface area contributed by atoms with E-state index >= 15 is 0 Å². The maximum absolute atomic E-state index is 11.2. The van der Waals surface area contributed by atoms with Crippen molar-refractivity contribution in [1.29, 1.82) is 0 Å². The molecule has 1 amide bonds. The number of carbonyl (C=O) groups is 1. The Bertz CT molecular complexity index is 398. The van der Waals surface area contributed by atoms with E-state index < -0.39 is 5.91 Å².